The maximum atomic E-state index is 11.9. The number of likely N-dealkylation sites (tertiary alicyclic amines) is 1. The molecular formula is C15H19ClN2O3. The number of benzene rings is 1. The van der Waals surface area contributed by atoms with Crippen LogP contribution >= 0.6 is 11.6 Å². The summed E-state index contributed by atoms with van der Waals surface area (Å²) in [7, 11) is 0. The normalized spacial score (nSPS) is 22.2. The molecule has 0 spiro atoms. The van der Waals surface area contributed by atoms with Crippen molar-refractivity contribution in [2.24, 2.45) is 5.92 Å². The minimum Gasteiger partial charge on any atom is -0.481 e. The highest BCUT2D eigenvalue weighted by molar-refractivity contribution is 6.33. The van der Waals surface area contributed by atoms with Gasteiger partial charge in [0.25, 0.3) is 0 Å². The zero-order valence-corrected chi connectivity index (χ0v) is 12.6. The van der Waals surface area contributed by atoms with Crippen molar-refractivity contribution < 1.29 is 14.7 Å². The van der Waals surface area contributed by atoms with Crippen LogP contribution in [0.25, 0.3) is 0 Å². The van der Waals surface area contributed by atoms with Crippen molar-refractivity contribution in [3.8, 4) is 0 Å². The van der Waals surface area contributed by atoms with Crippen molar-refractivity contribution in [3.05, 3.63) is 29.3 Å². The molecule has 2 rings (SSSR count). The molecular weight excluding hydrogens is 292 g/mol. The Kier molecular flexibility index (Phi) is 5.20. The van der Waals surface area contributed by atoms with Crippen LogP contribution in [-0.4, -0.2) is 41.0 Å². The quantitative estimate of drug-likeness (QED) is 0.876. The van der Waals surface area contributed by atoms with Crippen molar-refractivity contribution in [2.45, 2.75) is 25.8 Å². The summed E-state index contributed by atoms with van der Waals surface area (Å²) in [5, 5.41) is 12.4. The van der Waals surface area contributed by atoms with Crippen molar-refractivity contribution in [1.29, 1.82) is 0 Å². The van der Waals surface area contributed by atoms with E-state index in [-0.39, 0.29) is 17.9 Å². The highest BCUT2D eigenvalue weighted by atomic mass is 35.5. The van der Waals surface area contributed by atoms with Crippen LogP contribution in [0.1, 0.15) is 19.8 Å². The Morgan fingerprint density at radius 1 is 1.43 bits per heavy atom. The first-order chi connectivity index (χ1) is 9.99. The minimum atomic E-state index is -0.759. The first kappa shape index (κ1) is 15.8. The molecule has 0 aliphatic carbocycles. The number of amides is 1. The van der Waals surface area contributed by atoms with Gasteiger partial charge in [-0.2, -0.15) is 0 Å². The van der Waals surface area contributed by atoms with Gasteiger partial charge in [0.2, 0.25) is 5.91 Å². The first-order valence-electron chi connectivity index (χ1n) is 7.00. The van der Waals surface area contributed by atoms with Gasteiger partial charge >= 0.3 is 5.97 Å². The number of carbonyl (C=O) groups is 2. The van der Waals surface area contributed by atoms with E-state index in [0.717, 1.165) is 6.54 Å². The number of aliphatic carboxylic acids is 1. The van der Waals surface area contributed by atoms with Crippen LogP contribution < -0.4 is 5.32 Å². The standard InChI is InChI=1S/C15H19ClN2O3/c1-10-11(15(20)21)6-8-18(10)9-7-14(19)17-13-5-3-2-4-12(13)16/h2-5,10-11H,6-9H2,1H3,(H,17,19)(H,20,21). The highest BCUT2D eigenvalue weighted by Gasteiger charge is 2.35. The summed E-state index contributed by atoms with van der Waals surface area (Å²) < 4.78 is 0. The van der Waals surface area contributed by atoms with Gasteiger partial charge in [-0.05, 0) is 32.0 Å². The van der Waals surface area contributed by atoms with Gasteiger partial charge in [-0.25, -0.2) is 0 Å². The minimum absolute atomic E-state index is 0.0318. The molecule has 2 unspecified atom stereocenters. The maximum absolute atomic E-state index is 11.9. The van der Waals surface area contributed by atoms with Gasteiger partial charge in [0.05, 0.1) is 16.6 Å². The number of halogens is 1. The van der Waals surface area contributed by atoms with E-state index in [0.29, 0.717) is 30.1 Å². The molecule has 21 heavy (non-hydrogen) atoms. The molecule has 2 atom stereocenters. The molecule has 0 radical (unpaired) electrons. The maximum Gasteiger partial charge on any atom is 0.308 e. The third-order valence-electron chi connectivity index (χ3n) is 3.98. The lowest BCUT2D eigenvalue weighted by Gasteiger charge is -2.22. The molecule has 1 saturated heterocycles. The predicted octanol–water partition coefficient (Wildman–Crippen LogP) is 2.46. The number of carboxylic acid groups (broad SMARTS) is 1. The van der Waals surface area contributed by atoms with Crippen molar-refractivity contribution in [1.82, 2.24) is 4.90 Å². The molecule has 1 heterocycles. The Morgan fingerprint density at radius 2 is 2.14 bits per heavy atom. The van der Waals surface area contributed by atoms with E-state index in [1.54, 1.807) is 18.2 Å². The van der Waals surface area contributed by atoms with Gasteiger partial charge in [-0.3, -0.25) is 14.5 Å². The molecule has 1 amide bonds. The fraction of sp³-hybridized carbons (Fsp3) is 0.467. The number of nitrogens with one attached hydrogen (secondary N) is 1. The van der Waals surface area contributed by atoms with Crippen LogP contribution in [-0.2, 0) is 9.59 Å². The smallest absolute Gasteiger partial charge is 0.308 e. The summed E-state index contributed by atoms with van der Waals surface area (Å²) in [6.45, 7) is 3.18. The van der Waals surface area contributed by atoms with E-state index in [2.05, 4.69) is 5.32 Å². The molecule has 0 bridgehead atoms. The average Bonchev–Trinajstić information content (AvgIpc) is 2.80. The Balaban J connectivity index is 1.82. The van der Waals surface area contributed by atoms with Gasteiger partial charge in [0.1, 0.15) is 0 Å². The van der Waals surface area contributed by atoms with Crippen LogP contribution in [0.3, 0.4) is 0 Å². The summed E-state index contributed by atoms with van der Waals surface area (Å²) >= 11 is 5.98. The second kappa shape index (κ2) is 6.91. The summed E-state index contributed by atoms with van der Waals surface area (Å²) in [5.74, 6) is -1.21. The summed E-state index contributed by atoms with van der Waals surface area (Å²) in [6, 6.07) is 7.05. The Hall–Kier alpha value is -1.59. The first-order valence-corrected chi connectivity index (χ1v) is 7.38. The van der Waals surface area contributed by atoms with Gasteiger partial charge in [-0.1, -0.05) is 23.7 Å². The molecule has 1 aliphatic rings. The lowest BCUT2D eigenvalue weighted by atomic mass is 10.0. The van der Waals surface area contributed by atoms with E-state index in [1.165, 1.54) is 0 Å². The van der Waals surface area contributed by atoms with Gasteiger partial charge < -0.3 is 10.4 Å². The third kappa shape index (κ3) is 3.95. The summed E-state index contributed by atoms with van der Waals surface area (Å²) in [6.07, 6.45) is 0.963. The molecule has 6 heteroatoms. The molecule has 2 N–H and O–H groups in total. The van der Waals surface area contributed by atoms with E-state index >= 15 is 0 Å². The predicted molar refractivity (Wildman–Crippen MR) is 81.5 cm³/mol. The number of anilines is 1. The average molecular weight is 311 g/mol. The van der Waals surface area contributed by atoms with Crippen LogP contribution in [0.5, 0.6) is 0 Å². The Morgan fingerprint density at radius 3 is 2.76 bits per heavy atom. The number of hydrogen-bond acceptors (Lipinski definition) is 3. The second-order valence-electron chi connectivity index (χ2n) is 5.29. The number of hydrogen-bond donors (Lipinski definition) is 2. The molecule has 1 aromatic carbocycles. The van der Waals surface area contributed by atoms with Gasteiger partial charge in [0.15, 0.2) is 0 Å². The largest absolute Gasteiger partial charge is 0.481 e. The van der Waals surface area contributed by atoms with Crippen LogP contribution in [0.2, 0.25) is 5.02 Å². The number of carbonyl (C=O) groups excluding carboxylic acids is 1. The zero-order valence-electron chi connectivity index (χ0n) is 11.9. The molecule has 0 aromatic heterocycles. The molecule has 1 aliphatic heterocycles. The van der Waals surface area contributed by atoms with E-state index in [9.17, 15) is 9.59 Å². The van der Waals surface area contributed by atoms with Crippen molar-refractivity contribution >= 4 is 29.2 Å². The van der Waals surface area contributed by atoms with E-state index in [4.69, 9.17) is 16.7 Å². The van der Waals surface area contributed by atoms with Gasteiger partial charge in [-0.15, -0.1) is 0 Å². The summed E-state index contributed by atoms with van der Waals surface area (Å²) in [4.78, 5) is 25.0. The topological polar surface area (TPSA) is 69.6 Å². The van der Waals surface area contributed by atoms with Crippen LogP contribution in [0, 0.1) is 5.92 Å². The highest BCUT2D eigenvalue weighted by Crippen LogP contribution is 2.24. The van der Waals surface area contributed by atoms with E-state index < -0.39 is 5.97 Å². The number of nitrogens with zero attached hydrogens (tertiary/aromatic N) is 1. The molecule has 114 valence electrons. The van der Waals surface area contributed by atoms with Gasteiger partial charge in [0, 0.05) is 19.0 Å². The van der Waals surface area contributed by atoms with E-state index in [1.807, 2.05) is 17.9 Å². The third-order valence-corrected chi connectivity index (χ3v) is 4.31. The zero-order chi connectivity index (χ0) is 15.4. The lowest BCUT2D eigenvalue weighted by molar-refractivity contribution is -0.142. The Bertz CT molecular complexity index is 535. The molecule has 1 fully saturated rings. The monoisotopic (exact) mass is 310 g/mol. The lowest BCUT2D eigenvalue weighted by Crippen LogP contribution is -2.35. The van der Waals surface area contributed by atoms with Crippen LogP contribution in [0.4, 0.5) is 5.69 Å². The fourth-order valence-electron chi connectivity index (χ4n) is 2.67. The second-order valence-corrected chi connectivity index (χ2v) is 5.70. The fourth-order valence-corrected chi connectivity index (χ4v) is 2.85. The van der Waals surface area contributed by atoms with Crippen LogP contribution in [0.15, 0.2) is 24.3 Å². The molecule has 5 nitrogen and oxygen atoms in total. The van der Waals surface area contributed by atoms with Crippen molar-refractivity contribution in [3.63, 3.8) is 0 Å². The Labute approximate surface area is 128 Å². The number of rotatable bonds is 5. The van der Waals surface area contributed by atoms with Crippen molar-refractivity contribution in [2.75, 3.05) is 18.4 Å². The SMILES string of the molecule is CC1C(C(=O)O)CCN1CCC(=O)Nc1ccccc1Cl. The summed E-state index contributed by atoms with van der Waals surface area (Å²) in [5.41, 5.74) is 0.599. The molecule has 1 aromatic rings. The number of carboxylic acids is 1. The molecule has 0 saturated carbocycles. The number of para-hydroxylation sites is 1.